The number of imidazole rings is 1. The maximum absolute atomic E-state index is 14.1. The summed E-state index contributed by atoms with van der Waals surface area (Å²) in [6, 6.07) is 10.1. The number of likely N-dealkylation sites (tertiary alicyclic amines) is 1. The van der Waals surface area contributed by atoms with Gasteiger partial charge in [0.1, 0.15) is 5.69 Å². The maximum atomic E-state index is 14.1. The second-order valence-corrected chi connectivity index (χ2v) is 9.77. The summed E-state index contributed by atoms with van der Waals surface area (Å²) in [6.07, 6.45) is 1.64. The second kappa shape index (κ2) is 8.46. The van der Waals surface area contributed by atoms with E-state index in [1.165, 1.54) is 17.8 Å². The molecule has 4 aromatic rings. The first-order valence-corrected chi connectivity index (χ1v) is 12.5. The van der Waals surface area contributed by atoms with Crippen molar-refractivity contribution in [2.45, 2.75) is 52.2 Å². The first kappa shape index (κ1) is 22.2. The van der Waals surface area contributed by atoms with Gasteiger partial charge >= 0.3 is 0 Å². The highest BCUT2D eigenvalue weighted by atomic mass is 19.1. The molecule has 2 unspecified atom stereocenters. The van der Waals surface area contributed by atoms with Gasteiger partial charge in [0.2, 0.25) is 0 Å². The predicted molar refractivity (Wildman–Crippen MR) is 135 cm³/mol. The average Bonchev–Trinajstić information content (AvgIpc) is 3.47. The first-order chi connectivity index (χ1) is 17.0. The number of halogens is 1. The van der Waals surface area contributed by atoms with Gasteiger partial charge in [0.25, 0.3) is 0 Å². The van der Waals surface area contributed by atoms with Crippen molar-refractivity contribution in [2.24, 2.45) is 0 Å². The number of phenolic OH excluding ortho intramolecular Hbond substituents is 1. The monoisotopic (exact) mass is 474 g/mol. The van der Waals surface area contributed by atoms with Gasteiger partial charge in [0.05, 0.1) is 16.9 Å². The van der Waals surface area contributed by atoms with Gasteiger partial charge < -0.3 is 10.1 Å². The normalized spacial score (nSPS) is 20.8. The number of nitrogens with zero attached hydrogens (tertiary/aromatic N) is 4. The molecule has 0 saturated carbocycles. The van der Waals surface area contributed by atoms with Crippen LogP contribution in [0.3, 0.4) is 0 Å². The van der Waals surface area contributed by atoms with Crippen LogP contribution in [0.5, 0.6) is 5.75 Å². The molecule has 1 saturated heterocycles. The van der Waals surface area contributed by atoms with Gasteiger partial charge in [-0.1, -0.05) is 19.9 Å². The molecule has 6 rings (SSSR count). The van der Waals surface area contributed by atoms with E-state index in [9.17, 15) is 9.50 Å². The molecule has 0 bridgehead atoms. The zero-order valence-electron chi connectivity index (χ0n) is 20.4. The summed E-state index contributed by atoms with van der Waals surface area (Å²) in [7, 11) is 0. The van der Waals surface area contributed by atoms with Crippen molar-refractivity contribution in [3.05, 3.63) is 53.1 Å². The van der Waals surface area contributed by atoms with Gasteiger partial charge in [-0.25, -0.2) is 9.37 Å². The molecule has 8 heteroatoms. The number of benzene rings is 2. The third-order valence-electron chi connectivity index (χ3n) is 7.94. The van der Waals surface area contributed by atoms with E-state index in [1.807, 2.05) is 25.1 Å². The zero-order valence-corrected chi connectivity index (χ0v) is 20.4. The molecule has 2 aliphatic heterocycles. The Bertz CT molecular complexity index is 1410. The molecule has 2 aromatic carbocycles. The van der Waals surface area contributed by atoms with Gasteiger partial charge in [0, 0.05) is 43.5 Å². The molecule has 3 N–H and O–H groups in total. The topological polar surface area (TPSA) is 84.1 Å². The fourth-order valence-corrected chi connectivity index (χ4v) is 5.75. The van der Waals surface area contributed by atoms with E-state index < -0.39 is 5.82 Å². The molecule has 0 radical (unpaired) electrons. The molecule has 2 aliphatic rings. The molecule has 7 nitrogen and oxygen atoms in total. The lowest BCUT2D eigenvalue weighted by molar-refractivity contribution is -0.0237. The Morgan fingerprint density at radius 3 is 2.83 bits per heavy atom. The molecule has 35 heavy (non-hydrogen) atoms. The highest BCUT2D eigenvalue weighted by Gasteiger charge is 2.39. The molecule has 0 amide bonds. The molecule has 0 spiro atoms. The van der Waals surface area contributed by atoms with E-state index in [2.05, 4.69) is 38.8 Å². The number of hydrogen-bond acceptors (Lipinski definition) is 5. The number of aromatic amines is 2. The van der Waals surface area contributed by atoms with E-state index in [-0.39, 0.29) is 5.75 Å². The van der Waals surface area contributed by atoms with Gasteiger partial charge in [-0.3, -0.25) is 14.9 Å². The fourth-order valence-electron chi connectivity index (χ4n) is 5.75. The second-order valence-electron chi connectivity index (χ2n) is 9.77. The summed E-state index contributed by atoms with van der Waals surface area (Å²) < 4.78 is 14.1. The summed E-state index contributed by atoms with van der Waals surface area (Å²) in [6.45, 7) is 10.7. The number of nitrogens with one attached hydrogen (secondary N) is 2. The molecule has 2 aromatic heterocycles. The molecule has 182 valence electrons. The Labute approximate surface area is 204 Å². The quantitative estimate of drug-likeness (QED) is 0.397. The van der Waals surface area contributed by atoms with E-state index in [0.717, 1.165) is 77.4 Å². The van der Waals surface area contributed by atoms with Crippen LogP contribution in [0, 0.1) is 5.82 Å². The van der Waals surface area contributed by atoms with Crippen LogP contribution in [0.2, 0.25) is 0 Å². The zero-order chi connectivity index (χ0) is 24.3. The SMILES string of the molecule is CCc1cc(O)c(F)cc1-c1ccc2c(-c3nc4c([nH]3)CN(C3CN(CC)C3C)CC4)n[nH]c2c1. The summed E-state index contributed by atoms with van der Waals surface area (Å²) >= 11 is 0. The van der Waals surface area contributed by atoms with Crippen LogP contribution in [0.25, 0.3) is 33.5 Å². The fraction of sp³-hybridized carbons (Fsp3) is 0.407. The third kappa shape index (κ3) is 3.63. The molecule has 2 atom stereocenters. The summed E-state index contributed by atoms with van der Waals surface area (Å²) in [5, 5.41) is 18.5. The van der Waals surface area contributed by atoms with E-state index >= 15 is 0 Å². The van der Waals surface area contributed by atoms with Crippen molar-refractivity contribution in [1.82, 2.24) is 30.0 Å². The van der Waals surface area contributed by atoms with Gasteiger partial charge in [-0.15, -0.1) is 0 Å². The average molecular weight is 475 g/mol. The Morgan fingerprint density at radius 2 is 2.06 bits per heavy atom. The smallest absolute Gasteiger partial charge is 0.165 e. The van der Waals surface area contributed by atoms with Crippen molar-refractivity contribution in [1.29, 1.82) is 0 Å². The minimum absolute atomic E-state index is 0.315. The largest absolute Gasteiger partial charge is 0.505 e. The molecule has 4 heterocycles. The predicted octanol–water partition coefficient (Wildman–Crippen LogP) is 4.48. The summed E-state index contributed by atoms with van der Waals surface area (Å²) in [5.41, 5.74) is 6.55. The van der Waals surface area contributed by atoms with Gasteiger partial charge in [-0.2, -0.15) is 5.10 Å². The van der Waals surface area contributed by atoms with Crippen LogP contribution >= 0.6 is 0 Å². The van der Waals surface area contributed by atoms with Crippen LogP contribution in [0.15, 0.2) is 30.3 Å². The summed E-state index contributed by atoms with van der Waals surface area (Å²) in [5.74, 6) is -0.139. The number of aryl methyl sites for hydroxylation is 1. The molecule has 1 fully saturated rings. The number of aromatic hydroxyl groups is 1. The van der Waals surface area contributed by atoms with Crippen molar-refractivity contribution < 1.29 is 9.50 Å². The first-order valence-electron chi connectivity index (χ1n) is 12.5. The van der Waals surface area contributed by atoms with E-state index in [1.54, 1.807) is 0 Å². The lowest BCUT2D eigenvalue weighted by atomic mass is 9.94. The highest BCUT2D eigenvalue weighted by Crippen LogP contribution is 2.34. The Balaban J connectivity index is 1.29. The molecular formula is C27H31FN6O. The van der Waals surface area contributed by atoms with Crippen molar-refractivity contribution in [3.63, 3.8) is 0 Å². The van der Waals surface area contributed by atoms with Crippen molar-refractivity contribution in [2.75, 3.05) is 19.6 Å². The van der Waals surface area contributed by atoms with Gasteiger partial charge in [0.15, 0.2) is 17.4 Å². The van der Waals surface area contributed by atoms with Crippen molar-refractivity contribution in [3.8, 4) is 28.4 Å². The van der Waals surface area contributed by atoms with E-state index in [0.29, 0.717) is 18.5 Å². The van der Waals surface area contributed by atoms with Crippen LogP contribution in [0.4, 0.5) is 4.39 Å². The van der Waals surface area contributed by atoms with Crippen LogP contribution < -0.4 is 0 Å². The Morgan fingerprint density at radius 1 is 1.20 bits per heavy atom. The maximum Gasteiger partial charge on any atom is 0.165 e. The number of rotatable bonds is 5. The number of H-pyrrole nitrogens is 2. The molecular weight excluding hydrogens is 443 g/mol. The number of aromatic nitrogens is 4. The number of hydrogen-bond donors (Lipinski definition) is 3. The van der Waals surface area contributed by atoms with Crippen LogP contribution in [0.1, 0.15) is 37.7 Å². The minimum atomic E-state index is -0.614. The summed E-state index contributed by atoms with van der Waals surface area (Å²) in [4.78, 5) is 13.6. The highest BCUT2D eigenvalue weighted by molar-refractivity contribution is 5.94. The van der Waals surface area contributed by atoms with Gasteiger partial charge in [-0.05, 0) is 60.8 Å². The number of likely N-dealkylation sites (N-methyl/N-ethyl adjacent to an activating group) is 1. The van der Waals surface area contributed by atoms with Crippen molar-refractivity contribution >= 4 is 10.9 Å². The van der Waals surface area contributed by atoms with E-state index in [4.69, 9.17) is 4.98 Å². The lowest BCUT2D eigenvalue weighted by Gasteiger charge is -2.51. The number of fused-ring (bicyclic) bond motifs is 2. The standard InChI is InChI=1S/C27H31FN6O/c1-4-16-11-25(35)20(28)12-19(16)17-6-7-18-22(10-17)31-32-26(18)27-29-21-8-9-34(13-23(21)30-27)24-14-33(5-2)15(24)3/h6-7,10-12,15,24,35H,4-5,8-9,13-14H2,1-3H3,(H,29,30)(H,31,32). The minimum Gasteiger partial charge on any atom is -0.505 e. The van der Waals surface area contributed by atoms with Crippen LogP contribution in [-0.4, -0.2) is 66.8 Å². The Kier molecular flexibility index (Phi) is 5.38. The van der Waals surface area contributed by atoms with Crippen LogP contribution in [-0.2, 0) is 19.4 Å². The lowest BCUT2D eigenvalue weighted by Crippen LogP contribution is -2.65. The number of phenols is 1. The third-order valence-corrected chi connectivity index (χ3v) is 7.94. The Hall–Kier alpha value is -3.23. The molecule has 0 aliphatic carbocycles.